The molecule has 110 valence electrons. The average molecular weight is 323 g/mol. The molecule has 0 aliphatic rings. The molecular formula is C17H16Cl2O2. The van der Waals surface area contributed by atoms with Gasteiger partial charge in [0.2, 0.25) is 5.78 Å². The molecule has 0 aliphatic carbocycles. The van der Waals surface area contributed by atoms with Crippen LogP contribution in [0.4, 0.5) is 0 Å². The van der Waals surface area contributed by atoms with Crippen molar-refractivity contribution in [2.75, 3.05) is 6.61 Å². The van der Waals surface area contributed by atoms with Crippen LogP contribution in [0.25, 0.3) is 0 Å². The van der Waals surface area contributed by atoms with Gasteiger partial charge < -0.3 is 4.74 Å². The molecule has 2 aromatic rings. The van der Waals surface area contributed by atoms with E-state index in [2.05, 4.69) is 13.8 Å². The summed E-state index contributed by atoms with van der Waals surface area (Å²) in [4.78, 5) is 12.2. The van der Waals surface area contributed by atoms with Crippen LogP contribution in [0.1, 0.15) is 35.7 Å². The molecule has 21 heavy (non-hydrogen) atoms. The first-order chi connectivity index (χ1) is 9.99. The fraction of sp³-hybridized carbons (Fsp3) is 0.235. The van der Waals surface area contributed by atoms with Crippen molar-refractivity contribution in [2.45, 2.75) is 19.8 Å². The van der Waals surface area contributed by atoms with E-state index in [1.165, 1.54) is 0 Å². The number of ether oxygens (including phenoxy) is 1. The Morgan fingerprint density at radius 1 is 1.14 bits per heavy atom. The first-order valence-electron chi connectivity index (χ1n) is 6.69. The number of hydrogen-bond donors (Lipinski definition) is 0. The lowest BCUT2D eigenvalue weighted by Gasteiger charge is -2.13. The molecule has 4 heteroatoms. The minimum Gasteiger partial charge on any atom is -0.485 e. The van der Waals surface area contributed by atoms with Crippen LogP contribution in [0, 0.1) is 0 Å². The van der Waals surface area contributed by atoms with E-state index in [1.807, 2.05) is 24.3 Å². The van der Waals surface area contributed by atoms with Crippen molar-refractivity contribution in [2.24, 2.45) is 0 Å². The summed E-state index contributed by atoms with van der Waals surface area (Å²) in [6.45, 7) is 4.10. The molecule has 0 aliphatic heterocycles. The maximum absolute atomic E-state index is 12.2. The molecule has 0 saturated heterocycles. The molecule has 0 atom stereocenters. The second-order valence-corrected chi connectivity index (χ2v) is 5.87. The van der Waals surface area contributed by atoms with Gasteiger partial charge in [-0.25, -0.2) is 0 Å². The predicted molar refractivity (Wildman–Crippen MR) is 86.8 cm³/mol. The van der Waals surface area contributed by atoms with Gasteiger partial charge in [-0.2, -0.15) is 0 Å². The van der Waals surface area contributed by atoms with Gasteiger partial charge in [-0.05, 0) is 35.7 Å². The molecule has 0 heterocycles. The maximum Gasteiger partial charge on any atom is 0.201 e. The third-order valence-electron chi connectivity index (χ3n) is 3.13. The molecule has 0 amide bonds. The van der Waals surface area contributed by atoms with Crippen LogP contribution >= 0.6 is 23.2 Å². The first-order valence-corrected chi connectivity index (χ1v) is 7.44. The van der Waals surface area contributed by atoms with Crippen LogP contribution in [0.2, 0.25) is 10.0 Å². The fourth-order valence-electron chi connectivity index (χ4n) is 2.02. The summed E-state index contributed by atoms with van der Waals surface area (Å²) in [6.07, 6.45) is 0. The Morgan fingerprint density at radius 2 is 1.86 bits per heavy atom. The van der Waals surface area contributed by atoms with Crippen molar-refractivity contribution < 1.29 is 9.53 Å². The highest BCUT2D eigenvalue weighted by Gasteiger charge is 2.13. The highest BCUT2D eigenvalue weighted by Crippen LogP contribution is 2.26. The van der Waals surface area contributed by atoms with Gasteiger partial charge in [0.15, 0.2) is 6.61 Å². The van der Waals surface area contributed by atoms with Gasteiger partial charge in [0.05, 0.1) is 5.02 Å². The number of benzene rings is 2. The molecule has 2 rings (SSSR count). The zero-order chi connectivity index (χ0) is 15.4. The van der Waals surface area contributed by atoms with E-state index in [4.69, 9.17) is 27.9 Å². The van der Waals surface area contributed by atoms with Gasteiger partial charge in [0.1, 0.15) is 5.75 Å². The number of carbonyl (C=O) groups is 1. The van der Waals surface area contributed by atoms with Crippen LogP contribution in [0.3, 0.4) is 0 Å². The summed E-state index contributed by atoms with van der Waals surface area (Å²) in [5.41, 5.74) is 1.45. The standard InChI is InChI=1S/C17H16Cl2O2/c1-11(2)13-5-3-4-6-17(13)21-10-16(20)14-9-12(18)7-8-15(14)19/h3-9,11H,10H2,1-2H3. The smallest absolute Gasteiger partial charge is 0.201 e. The predicted octanol–water partition coefficient (Wildman–Crippen LogP) is 5.38. The molecule has 0 spiro atoms. The number of para-hydroxylation sites is 1. The Balaban J connectivity index is 2.13. The number of Topliss-reactive ketones (excluding diaryl/α,β-unsaturated/α-hetero) is 1. The second-order valence-electron chi connectivity index (χ2n) is 5.03. The largest absolute Gasteiger partial charge is 0.485 e. The number of ketones is 1. The maximum atomic E-state index is 12.2. The number of halogens is 2. The summed E-state index contributed by atoms with van der Waals surface area (Å²) < 4.78 is 5.66. The normalized spacial score (nSPS) is 10.7. The van der Waals surface area contributed by atoms with Crippen molar-refractivity contribution >= 4 is 29.0 Å². The zero-order valence-electron chi connectivity index (χ0n) is 11.9. The third kappa shape index (κ3) is 3.99. The van der Waals surface area contributed by atoms with Gasteiger partial charge in [0, 0.05) is 10.6 Å². The summed E-state index contributed by atoms with van der Waals surface area (Å²) in [6, 6.07) is 12.5. The van der Waals surface area contributed by atoms with E-state index in [1.54, 1.807) is 18.2 Å². The van der Waals surface area contributed by atoms with Gasteiger partial charge in [-0.3, -0.25) is 4.79 Å². The Bertz CT molecular complexity index is 651. The fourth-order valence-corrected chi connectivity index (χ4v) is 2.42. The van der Waals surface area contributed by atoms with E-state index in [0.717, 1.165) is 11.3 Å². The Labute approximate surface area is 134 Å². The molecule has 0 unspecified atom stereocenters. The number of rotatable bonds is 5. The van der Waals surface area contributed by atoms with Crippen molar-refractivity contribution in [1.29, 1.82) is 0 Å². The van der Waals surface area contributed by atoms with Gasteiger partial charge in [0.25, 0.3) is 0 Å². The summed E-state index contributed by atoms with van der Waals surface area (Å²) >= 11 is 11.9. The number of hydrogen-bond acceptors (Lipinski definition) is 2. The summed E-state index contributed by atoms with van der Waals surface area (Å²) in [5.74, 6) is 0.853. The van der Waals surface area contributed by atoms with Crippen LogP contribution in [0.15, 0.2) is 42.5 Å². The monoisotopic (exact) mass is 322 g/mol. The molecular weight excluding hydrogens is 307 g/mol. The van der Waals surface area contributed by atoms with Crippen LogP contribution in [0.5, 0.6) is 5.75 Å². The lowest BCUT2D eigenvalue weighted by atomic mass is 10.0. The highest BCUT2D eigenvalue weighted by molar-refractivity contribution is 6.35. The highest BCUT2D eigenvalue weighted by atomic mass is 35.5. The Hall–Kier alpha value is -1.51. The van der Waals surface area contributed by atoms with Crippen molar-refractivity contribution in [3.05, 3.63) is 63.6 Å². The van der Waals surface area contributed by atoms with Gasteiger partial charge >= 0.3 is 0 Å². The van der Waals surface area contributed by atoms with E-state index < -0.39 is 0 Å². The molecule has 0 aromatic heterocycles. The minimum atomic E-state index is -0.193. The molecule has 0 radical (unpaired) electrons. The molecule has 0 saturated carbocycles. The Kier molecular flexibility index (Phi) is 5.27. The van der Waals surface area contributed by atoms with Crippen LogP contribution in [-0.2, 0) is 0 Å². The third-order valence-corrected chi connectivity index (χ3v) is 3.69. The quantitative estimate of drug-likeness (QED) is 0.691. The van der Waals surface area contributed by atoms with Crippen LogP contribution < -0.4 is 4.74 Å². The van der Waals surface area contributed by atoms with E-state index in [0.29, 0.717) is 21.5 Å². The molecule has 0 fully saturated rings. The van der Waals surface area contributed by atoms with E-state index in [9.17, 15) is 4.79 Å². The van der Waals surface area contributed by atoms with E-state index >= 15 is 0 Å². The van der Waals surface area contributed by atoms with Gasteiger partial charge in [-0.1, -0.05) is 55.2 Å². The number of carbonyl (C=O) groups excluding carboxylic acids is 1. The lowest BCUT2D eigenvalue weighted by Crippen LogP contribution is -2.13. The van der Waals surface area contributed by atoms with Crippen molar-refractivity contribution in [3.8, 4) is 5.75 Å². The van der Waals surface area contributed by atoms with Crippen molar-refractivity contribution in [1.82, 2.24) is 0 Å². The molecule has 0 bridgehead atoms. The molecule has 0 N–H and O–H groups in total. The van der Waals surface area contributed by atoms with Crippen LogP contribution in [-0.4, -0.2) is 12.4 Å². The topological polar surface area (TPSA) is 26.3 Å². The first kappa shape index (κ1) is 15.9. The summed E-state index contributed by atoms with van der Waals surface area (Å²) in [7, 11) is 0. The SMILES string of the molecule is CC(C)c1ccccc1OCC(=O)c1cc(Cl)ccc1Cl. The van der Waals surface area contributed by atoms with E-state index in [-0.39, 0.29) is 12.4 Å². The van der Waals surface area contributed by atoms with Gasteiger partial charge in [-0.15, -0.1) is 0 Å². The Morgan fingerprint density at radius 3 is 2.57 bits per heavy atom. The zero-order valence-corrected chi connectivity index (χ0v) is 13.4. The average Bonchev–Trinajstić information content (AvgIpc) is 2.47. The minimum absolute atomic E-state index is 0.0657. The van der Waals surface area contributed by atoms with Crippen molar-refractivity contribution in [3.63, 3.8) is 0 Å². The lowest BCUT2D eigenvalue weighted by molar-refractivity contribution is 0.0921. The second kappa shape index (κ2) is 6.97. The molecule has 2 nitrogen and oxygen atoms in total. The summed E-state index contributed by atoms with van der Waals surface area (Å²) in [5, 5.41) is 0.857. The molecule has 2 aromatic carbocycles.